The Hall–Kier alpha value is -3.20. The van der Waals surface area contributed by atoms with Crippen molar-refractivity contribution >= 4 is 35.0 Å². The highest BCUT2D eigenvalue weighted by Crippen LogP contribution is 2.18. The van der Waals surface area contributed by atoms with E-state index in [-0.39, 0.29) is 29.7 Å². The number of carbonyl (C=O) groups is 2. The van der Waals surface area contributed by atoms with Crippen molar-refractivity contribution in [3.05, 3.63) is 65.7 Å². The third-order valence-corrected chi connectivity index (χ3v) is 5.08. The van der Waals surface area contributed by atoms with E-state index in [1.165, 1.54) is 12.1 Å². The van der Waals surface area contributed by atoms with Gasteiger partial charge in [0.15, 0.2) is 5.16 Å². The first kappa shape index (κ1) is 20.5. The average molecular weight is 413 g/mol. The van der Waals surface area contributed by atoms with Crippen molar-refractivity contribution in [3.8, 4) is 0 Å². The zero-order chi connectivity index (χ0) is 20.8. The highest BCUT2D eigenvalue weighted by molar-refractivity contribution is 7.99. The molecule has 3 rings (SSSR count). The normalized spacial score (nSPS) is 10.6. The molecule has 0 unspecified atom stereocenters. The molecule has 7 nitrogen and oxygen atoms in total. The van der Waals surface area contributed by atoms with Crippen LogP contribution >= 0.6 is 11.8 Å². The molecular formula is C20H20FN5O2S. The second-order valence-electron chi connectivity index (χ2n) is 6.37. The van der Waals surface area contributed by atoms with E-state index in [9.17, 15) is 14.0 Å². The Morgan fingerprint density at radius 3 is 2.48 bits per heavy atom. The van der Waals surface area contributed by atoms with Gasteiger partial charge in [0.05, 0.1) is 17.9 Å². The maximum Gasteiger partial charge on any atom is 0.234 e. The molecule has 2 aromatic carbocycles. The predicted octanol–water partition coefficient (Wildman–Crippen LogP) is 3.17. The first-order chi connectivity index (χ1) is 13.9. The minimum atomic E-state index is -0.494. The van der Waals surface area contributed by atoms with Crippen molar-refractivity contribution in [2.75, 3.05) is 16.4 Å². The van der Waals surface area contributed by atoms with E-state index in [0.717, 1.165) is 17.3 Å². The summed E-state index contributed by atoms with van der Waals surface area (Å²) in [6.45, 7) is 1.97. The molecule has 0 saturated carbocycles. The molecule has 0 aliphatic heterocycles. The zero-order valence-electron chi connectivity index (χ0n) is 16.0. The number of carbonyl (C=O) groups excluding carboxylic acids is 2. The number of thioether (sulfide) groups is 1. The fourth-order valence-electron chi connectivity index (χ4n) is 2.49. The van der Waals surface area contributed by atoms with Gasteiger partial charge in [-0.1, -0.05) is 41.6 Å². The Morgan fingerprint density at radius 1 is 1.03 bits per heavy atom. The van der Waals surface area contributed by atoms with Crippen LogP contribution in [0.1, 0.15) is 11.4 Å². The van der Waals surface area contributed by atoms with Crippen molar-refractivity contribution in [1.82, 2.24) is 14.8 Å². The van der Waals surface area contributed by atoms with Gasteiger partial charge in [-0.25, -0.2) is 4.39 Å². The molecular weight excluding hydrogens is 393 g/mol. The van der Waals surface area contributed by atoms with E-state index < -0.39 is 5.82 Å². The fourth-order valence-corrected chi connectivity index (χ4v) is 3.22. The molecule has 0 atom stereocenters. The molecule has 0 fully saturated rings. The molecule has 150 valence electrons. The van der Waals surface area contributed by atoms with Crippen molar-refractivity contribution < 1.29 is 14.0 Å². The number of amides is 2. The summed E-state index contributed by atoms with van der Waals surface area (Å²) in [5.74, 6) is -0.548. The van der Waals surface area contributed by atoms with Crippen molar-refractivity contribution in [2.24, 2.45) is 7.05 Å². The van der Waals surface area contributed by atoms with E-state index >= 15 is 0 Å². The smallest absolute Gasteiger partial charge is 0.234 e. The van der Waals surface area contributed by atoms with Crippen LogP contribution in [0.3, 0.4) is 0 Å². The molecule has 0 radical (unpaired) electrons. The summed E-state index contributed by atoms with van der Waals surface area (Å²) in [6, 6.07) is 13.5. The number of hydrogen-bond donors (Lipinski definition) is 2. The molecule has 0 spiro atoms. The van der Waals surface area contributed by atoms with Crippen LogP contribution in [0.5, 0.6) is 0 Å². The number of hydrogen-bond acceptors (Lipinski definition) is 5. The number of nitrogens with zero attached hydrogens (tertiary/aromatic N) is 3. The van der Waals surface area contributed by atoms with Gasteiger partial charge in [0.1, 0.15) is 11.6 Å². The van der Waals surface area contributed by atoms with Crippen LogP contribution in [0.25, 0.3) is 0 Å². The molecule has 2 amide bonds. The molecule has 3 aromatic rings. The number of halogens is 1. The molecule has 0 aliphatic carbocycles. The largest absolute Gasteiger partial charge is 0.326 e. The van der Waals surface area contributed by atoms with Gasteiger partial charge in [0, 0.05) is 12.7 Å². The van der Waals surface area contributed by atoms with Crippen molar-refractivity contribution in [3.63, 3.8) is 0 Å². The van der Waals surface area contributed by atoms with Crippen LogP contribution in [0.15, 0.2) is 53.7 Å². The predicted molar refractivity (Wildman–Crippen MR) is 110 cm³/mol. The Morgan fingerprint density at radius 2 is 1.76 bits per heavy atom. The number of rotatable bonds is 7. The van der Waals surface area contributed by atoms with E-state index in [2.05, 4.69) is 20.8 Å². The standard InChI is InChI=1S/C20H20FN5O2S/c1-13-7-9-14(10-8-13)22-18(27)11-17-24-25-20(26(17)2)29-12-19(28)23-16-6-4-3-5-15(16)21/h3-10H,11-12H2,1-2H3,(H,22,27)(H,23,28). The molecule has 1 heterocycles. The number of para-hydroxylation sites is 1. The third kappa shape index (κ3) is 5.64. The van der Waals surface area contributed by atoms with Crippen LogP contribution in [0.4, 0.5) is 15.8 Å². The summed E-state index contributed by atoms with van der Waals surface area (Å²) >= 11 is 1.16. The summed E-state index contributed by atoms with van der Waals surface area (Å²) in [4.78, 5) is 24.3. The quantitative estimate of drug-likeness (QED) is 0.581. The molecule has 1 aromatic heterocycles. The van der Waals surface area contributed by atoms with E-state index in [1.807, 2.05) is 31.2 Å². The Balaban J connectivity index is 1.53. The summed E-state index contributed by atoms with van der Waals surface area (Å²) in [5, 5.41) is 13.9. The molecule has 0 saturated heterocycles. The molecule has 29 heavy (non-hydrogen) atoms. The lowest BCUT2D eigenvalue weighted by molar-refractivity contribution is -0.116. The Labute approximate surface area is 171 Å². The monoisotopic (exact) mass is 413 g/mol. The Bertz CT molecular complexity index is 1020. The van der Waals surface area contributed by atoms with Crippen LogP contribution in [0.2, 0.25) is 0 Å². The third-order valence-electron chi connectivity index (χ3n) is 4.06. The minimum Gasteiger partial charge on any atom is -0.326 e. The first-order valence-electron chi connectivity index (χ1n) is 8.84. The van der Waals surface area contributed by atoms with Gasteiger partial charge >= 0.3 is 0 Å². The van der Waals surface area contributed by atoms with Gasteiger partial charge in [-0.2, -0.15) is 0 Å². The number of benzene rings is 2. The Kier molecular flexibility index (Phi) is 6.61. The summed E-state index contributed by atoms with van der Waals surface area (Å²) < 4.78 is 15.3. The van der Waals surface area contributed by atoms with Crippen molar-refractivity contribution in [1.29, 1.82) is 0 Å². The lowest BCUT2D eigenvalue weighted by Crippen LogP contribution is -2.17. The first-order valence-corrected chi connectivity index (χ1v) is 9.83. The van der Waals surface area contributed by atoms with Gasteiger partial charge < -0.3 is 15.2 Å². The minimum absolute atomic E-state index is 0.0376. The van der Waals surface area contributed by atoms with Crippen LogP contribution in [-0.2, 0) is 23.1 Å². The molecule has 9 heteroatoms. The van der Waals surface area contributed by atoms with Gasteiger partial charge in [0.25, 0.3) is 0 Å². The van der Waals surface area contributed by atoms with Gasteiger partial charge in [-0.3, -0.25) is 9.59 Å². The summed E-state index contributed by atoms with van der Waals surface area (Å²) in [6.07, 6.45) is 0.0549. The lowest BCUT2D eigenvalue weighted by Gasteiger charge is -2.07. The fraction of sp³-hybridized carbons (Fsp3) is 0.200. The van der Waals surface area contributed by atoms with E-state index in [0.29, 0.717) is 16.7 Å². The van der Waals surface area contributed by atoms with Crippen LogP contribution in [0, 0.1) is 12.7 Å². The van der Waals surface area contributed by atoms with Gasteiger partial charge in [-0.15, -0.1) is 10.2 Å². The average Bonchev–Trinajstić information content (AvgIpc) is 3.03. The summed E-state index contributed by atoms with van der Waals surface area (Å²) in [5.41, 5.74) is 1.95. The number of aromatic nitrogens is 3. The summed E-state index contributed by atoms with van der Waals surface area (Å²) in [7, 11) is 1.73. The number of aryl methyl sites for hydroxylation is 1. The van der Waals surface area contributed by atoms with E-state index in [1.54, 1.807) is 23.7 Å². The highest BCUT2D eigenvalue weighted by Gasteiger charge is 2.15. The highest BCUT2D eigenvalue weighted by atomic mass is 32.2. The van der Waals surface area contributed by atoms with Crippen molar-refractivity contribution in [2.45, 2.75) is 18.5 Å². The maximum atomic E-state index is 13.6. The second-order valence-corrected chi connectivity index (χ2v) is 7.31. The topological polar surface area (TPSA) is 88.9 Å². The van der Waals surface area contributed by atoms with E-state index in [4.69, 9.17) is 0 Å². The van der Waals surface area contributed by atoms with Gasteiger partial charge in [-0.05, 0) is 31.2 Å². The second kappa shape index (κ2) is 9.33. The number of nitrogens with one attached hydrogen (secondary N) is 2. The lowest BCUT2D eigenvalue weighted by atomic mass is 10.2. The van der Waals surface area contributed by atoms with Crippen LogP contribution in [-0.4, -0.2) is 32.3 Å². The number of anilines is 2. The zero-order valence-corrected chi connectivity index (χ0v) is 16.8. The maximum absolute atomic E-state index is 13.6. The molecule has 0 bridgehead atoms. The van der Waals surface area contributed by atoms with Gasteiger partial charge in [0.2, 0.25) is 11.8 Å². The molecule has 0 aliphatic rings. The SMILES string of the molecule is Cc1ccc(NC(=O)Cc2nnc(SCC(=O)Nc3ccccc3F)n2C)cc1. The molecule has 2 N–H and O–H groups in total. The van der Waals surface area contributed by atoms with Crippen LogP contribution < -0.4 is 10.6 Å².